The summed E-state index contributed by atoms with van der Waals surface area (Å²) in [5.74, 6) is -1.29. The number of carboxylic acid groups (broad SMARTS) is 1. The molecule has 0 bridgehead atoms. The number of hydrogen-bond acceptors (Lipinski definition) is 4. The number of rotatable bonds is 7. The van der Waals surface area contributed by atoms with Gasteiger partial charge in [0.05, 0.1) is 13.0 Å². The minimum absolute atomic E-state index is 0.00490. The summed E-state index contributed by atoms with van der Waals surface area (Å²) in [7, 11) is 0. The average molecular weight is 257 g/mol. The number of aliphatic carboxylic acids is 1. The second-order valence-corrected chi connectivity index (χ2v) is 4.25. The molecule has 0 aromatic carbocycles. The van der Waals surface area contributed by atoms with Crippen molar-refractivity contribution in [1.82, 2.24) is 15.5 Å². The van der Waals surface area contributed by atoms with E-state index in [-0.39, 0.29) is 19.0 Å². The van der Waals surface area contributed by atoms with Gasteiger partial charge in [-0.3, -0.25) is 19.8 Å². The Labute approximate surface area is 106 Å². The normalized spacial score (nSPS) is 14.3. The fraction of sp³-hybridized carbons (Fsp3) is 0.727. The third kappa shape index (κ3) is 5.62. The van der Waals surface area contributed by atoms with Crippen LogP contribution in [0, 0.1) is 0 Å². The van der Waals surface area contributed by atoms with Crippen LogP contribution in [0.4, 0.5) is 4.79 Å². The van der Waals surface area contributed by atoms with Gasteiger partial charge in [0.2, 0.25) is 5.91 Å². The second kappa shape index (κ2) is 6.95. The van der Waals surface area contributed by atoms with E-state index < -0.39 is 17.9 Å². The van der Waals surface area contributed by atoms with E-state index in [1.54, 1.807) is 6.92 Å². The molecular formula is C11H19N3O4. The molecule has 1 aliphatic carbocycles. The molecule has 0 spiro atoms. The molecule has 0 atom stereocenters. The second-order valence-electron chi connectivity index (χ2n) is 4.25. The Hall–Kier alpha value is -1.63. The van der Waals surface area contributed by atoms with E-state index in [1.165, 1.54) is 0 Å². The van der Waals surface area contributed by atoms with Crippen LogP contribution in [0.15, 0.2) is 0 Å². The van der Waals surface area contributed by atoms with Crippen molar-refractivity contribution in [3.8, 4) is 0 Å². The van der Waals surface area contributed by atoms with E-state index in [4.69, 9.17) is 5.11 Å². The number of amides is 3. The number of carbonyl (C=O) groups is 3. The van der Waals surface area contributed by atoms with Crippen molar-refractivity contribution in [3.63, 3.8) is 0 Å². The van der Waals surface area contributed by atoms with Crippen LogP contribution in [-0.4, -0.2) is 53.6 Å². The molecule has 1 saturated carbocycles. The van der Waals surface area contributed by atoms with Gasteiger partial charge in [0, 0.05) is 19.1 Å². The molecule has 0 unspecified atom stereocenters. The lowest BCUT2D eigenvalue weighted by molar-refractivity contribution is -0.137. The molecule has 0 heterocycles. The first-order valence-electron chi connectivity index (χ1n) is 6.06. The van der Waals surface area contributed by atoms with Gasteiger partial charge in [-0.1, -0.05) is 0 Å². The first-order chi connectivity index (χ1) is 8.52. The molecular weight excluding hydrogens is 238 g/mol. The van der Waals surface area contributed by atoms with Gasteiger partial charge in [-0.25, -0.2) is 4.79 Å². The maximum Gasteiger partial charge on any atom is 0.321 e. The molecule has 1 aliphatic rings. The van der Waals surface area contributed by atoms with Gasteiger partial charge in [-0.15, -0.1) is 0 Å². The van der Waals surface area contributed by atoms with Crippen molar-refractivity contribution in [1.29, 1.82) is 0 Å². The topological polar surface area (TPSA) is 98.7 Å². The third-order valence-corrected chi connectivity index (χ3v) is 2.61. The number of nitrogens with zero attached hydrogens (tertiary/aromatic N) is 1. The molecule has 0 aliphatic heterocycles. The van der Waals surface area contributed by atoms with E-state index >= 15 is 0 Å². The Bertz CT molecular complexity index is 328. The summed E-state index contributed by atoms with van der Waals surface area (Å²) >= 11 is 0. The van der Waals surface area contributed by atoms with Crippen molar-refractivity contribution >= 4 is 17.9 Å². The molecule has 7 nitrogen and oxygen atoms in total. The number of urea groups is 1. The van der Waals surface area contributed by atoms with Crippen molar-refractivity contribution in [3.05, 3.63) is 0 Å². The van der Waals surface area contributed by atoms with Crippen LogP contribution in [0.1, 0.15) is 26.2 Å². The van der Waals surface area contributed by atoms with E-state index in [0.29, 0.717) is 13.1 Å². The molecule has 0 radical (unpaired) electrons. The first-order valence-corrected chi connectivity index (χ1v) is 6.06. The van der Waals surface area contributed by atoms with Gasteiger partial charge in [0.1, 0.15) is 0 Å². The molecule has 0 aromatic rings. The highest BCUT2D eigenvalue weighted by atomic mass is 16.4. The zero-order valence-corrected chi connectivity index (χ0v) is 10.4. The molecule has 18 heavy (non-hydrogen) atoms. The Morgan fingerprint density at radius 2 is 2.00 bits per heavy atom. The van der Waals surface area contributed by atoms with E-state index in [0.717, 1.165) is 12.8 Å². The quantitative estimate of drug-likeness (QED) is 0.585. The minimum Gasteiger partial charge on any atom is -0.481 e. The summed E-state index contributed by atoms with van der Waals surface area (Å²) in [4.78, 5) is 35.0. The maximum absolute atomic E-state index is 11.6. The number of carboxylic acids is 1. The average Bonchev–Trinajstić information content (AvgIpc) is 3.07. The van der Waals surface area contributed by atoms with Crippen LogP contribution in [0.2, 0.25) is 0 Å². The lowest BCUT2D eigenvalue weighted by Gasteiger charge is -2.20. The standard InChI is InChI=1S/C11H19N3O4/c1-2-12-11(18)13-9(15)7-14(8-3-4-8)6-5-10(16)17/h8H,2-7H2,1H3,(H,16,17)(H2,12,13,15,18). The fourth-order valence-corrected chi connectivity index (χ4v) is 1.63. The number of carbonyl (C=O) groups excluding carboxylic acids is 2. The van der Waals surface area contributed by atoms with Crippen molar-refractivity contribution < 1.29 is 19.5 Å². The van der Waals surface area contributed by atoms with Gasteiger partial charge in [-0.2, -0.15) is 0 Å². The SMILES string of the molecule is CCNC(=O)NC(=O)CN(CCC(=O)O)C1CC1. The monoisotopic (exact) mass is 257 g/mol. The van der Waals surface area contributed by atoms with Crippen molar-refractivity contribution in [2.45, 2.75) is 32.2 Å². The number of nitrogens with one attached hydrogen (secondary N) is 2. The zero-order chi connectivity index (χ0) is 13.5. The summed E-state index contributed by atoms with van der Waals surface area (Å²) in [5, 5.41) is 13.3. The molecule has 3 amide bonds. The number of imide groups is 1. The van der Waals surface area contributed by atoms with Crippen LogP contribution < -0.4 is 10.6 Å². The smallest absolute Gasteiger partial charge is 0.321 e. The van der Waals surface area contributed by atoms with E-state index in [2.05, 4.69) is 10.6 Å². The van der Waals surface area contributed by atoms with Gasteiger partial charge >= 0.3 is 12.0 Å². The molecule has 0 saturated heterocycles. The fourth-order valence-electron chi connectivity index (χ4n) is 1.63. The predicted octanol–water partition coefficient (Wildman–Crippen LogP) is -0.229. The van der Waals surface area contributed by atoms with Crippen molar-refractivity contribution in [2.24, 2.45) is 0 Å². The predicted molar refractivity (Wildman–Crippen MR) is 64.1 cm³/mol. The highest BCUT2D eigenvalue weighted by molar-refractivity contribution is 5.95. The van der Waals surface area contributed by atoms with Gasteiger partial charge < -0.3 is 10.4 Å². The van der Waals surface area contributed by atoms with E-state index in [1.807, 2.05) is 4.90 Å². The molecule has 7 heteroatoms. The third-order valence-electron chi connectivity index (χ3n) is 2.61. The van der Waals surface area contributed by atoms with Gasteiger partial charge in [0.25, 0.3) is 0 Å². The van der Waals surface area contributed by atoms with Crippen LogP contribution in [0.3, 0.4) is 0 Å². The maximum atomic E-state index is 11.6. The summed E-state index contributed by atoms with van der Waals surface area (Å²) in [6.07, 6.45) is 1.97. The summed E-state index contributed by atoms with van der Waals surface area (Å²) in [6.45, 7) is 2.61. The molecule has 1 fully saturated rings. The van der Waals surface area contributed by atoms with Crippen LogP contribution in [0.25, 0.3) is 0 Å². The summed E-state index contributed by atoms with van der Waals surface area (Å²) < 4.78 is 0. The Kier molecular flexibility index (Phi) is 5.57. The summed E-state index contributed by atoms with van der Waals surface area (Å²) in [6, 6.07) is -0.235. The van der Waals surface area contributed by atoms with Gasteiger partial charge in [0.15, 0.2) is 0 Å². The highest BCUT2D eigenvalue weighted by Gasteiger charge is 2.30. The lowest BCUT2D eigenvalue weighted by atomic mass is 10.3. The van der Waals surface area contributed by atoms with Crippen molar-refractivity contribution in [2.75, 3.05) is 19.6 Å². The Balaban J connectivity index is 2.33. The molecule has 3 N–H and O–H groups in total. The van der Waals surface area contributed by atoms with Crippen LogP contribution in [-0.2, 0) is 9.59 Å². The van der Waals surface area contributed by atoms with Crippen LogP contribution in [0.5, 0.6) is 0 Å². The highest BCUT2D eigenvalue weighted by Crippen LogP contribution is 2.26. The number of hydrogen-bond donors (Lipinski definition) is 3. The Morgan fingerprint density at radius 1 is 1.33 bits per heavy atom. The first kappa shape index (κ1) is 14.4. The molecule has 1 rings (SSSR count). The largest absolute Gasteiger partial charge is 0.481 e. The van der Waals surface area contributed by atoms with E-state index in [9.17, 15) is 14.4 Å². The lowest BCUT2D eigenvalue weighted by Crippen LogP contribution is -2.45. The zero-order valence-electron chi connectivity index (χ0n) is 10.4. The minimum atomic E-state index is -0.884. The van der Waals surface area contributed by atoms with Gasteiger partial charge in [-0.05, 0) is 19.8 Å². The van der Waals surface area contributed by atoms with Crippen LogP contribution >= 0.6 is 0 Å². The Morgan fingerprint density at radius 3 is 2.50 bits per heavy atom. The molecule has 102 valence electrons. The molecule has 0 aromatic heterocycles. The summed E-state index contributed by atoms with van der Waals surface area (Å²) in [5.41, 5.74) is 0.